The Labute approximate surface area is 487 Å². The molecule has 7 N–H and O–H groups in total. The van der Waals surface area contributed by atoms with Gasteiger partial charge in [-0.25, -0.2) is 24.0 Å². The Balaban J connectivity index is 1.55. The molecule has 0 saturated heterocycles. The van der Waals surface area contributed by atoms with E-state index in [-0.39, 0.29) is 80.9 Å². The first-order chi connectivity index (χ1) is 38.9. The van der Waals surface area contributed by atoms with E-state index in [0.29, 0.717) is 87.7 Å². The molecule has 0 unspecified atom stereocenters. The number of amides is 6. The van der Waals surface area contributed by atoms with E-state index in [0.717, 1.165) is 0 Å². The van der Waals surface area contributed by atoms with Crippen LogP contribution in [0.3, 0.4) is 0 Å². The van der Waals surface area contributed by atoms with Crippen LogP contribution in [0.1, 0.15) is 153 Å². The van der Waals surface area contributed by atoms with Crippen molar-refractivity contribution in [3.63, 3.8) is 0 Å². The molecule has 0 heterocycles. The van der Waals surface area contributed by atoms with Gasteiger partial charge in [0.05, 0.1) is 45.2 Å². The van der Waals surface area contributed by atoms with Crippen LogP contribution in [-0.4, -0.2) is 149 Å². The zero-order valence-electron chi connectivity index (χ0n) is 50.3. The Morgan fingerprint density at radius 2 is 0.506 bits per heavy atom. The number of carbonyl (C=O) groups is 7. The zero-order valence-corrected chi connectivity index (χ0v) is 50.3. The molecule has 3 rings (SSSR count). The van der Waals surface area contributed by atoms with Gasteiger partial charge in [-0.15, -0.1) is 0 Å². The molecule has 0 aromatic heterocycles. The van der Waals surface area contributed by atoms with E-state index < -0.39 is 64.6 Å². The highest BCUT2D eigenvalue weighted by atomic mass is 16.6. The number of carbonyl (C=O) groups excluding carboxylic acids is 6. The maximum Gasteiger partial charge on any atom is 0.407 e. The van der Waals surface area contributed by atoms with Crippen molar-refractivity contribution in [2.24, 2.45) is 0 Å². The van der Waals surface area contributed by atoms with Gasteiger partial charge >= 0.3 is 30.3 Å². The van der Waals surface area contributed by atoms with Crippen molar-refractivity contribution in [3.8, 4) is 34.5 Å². The third kappa shape index (κ3) is 32.9. The smallest absolute Gasteiger partial charge is 0.407 e. The number of ether oxygens (including phenoxy) is 10. The number of hydrogen-bond acceptors (Lipinski definition) is 17. The lowest BCUT2D eigenvalue weighted by molar-refractivity contribution is 0.0513. The molecule has 0 fully saturated rings. The number of alkyl carbamates (subject to hydrolysis) is 4. The van der Waals surface area contributed by atoms with Crippen LogP contribution in [0.15, 0.2) is 54.6 Å². The molecular formula is C59H88N6O18. The summed E-state index contributed by atoms with van der Waals surface area (Å²) in [5.41, 5.74) is -2.12. The van der Waals surface area contributed by atoms with Gasteiger partial charge in [0.25, 0.3) is 11.8 Å². The molecule has 0 spiro atoms. The van der Waals surface area contributed by atoms with Gasteiger partial charge in [-0.1, -0.05) is 0 Å². The van der Waals surface area contributed by atoms with Crippen LogP contribution in [0.5, 0.6) is 34.5 Å². The number of nitrogens with one attached hydrogen (secondary N) is 6. The number of hydrogen-bond donors (Lipinski definition) is 7. The third-order valence-corrected chi connectivity index (χ3v) is 10.2. The highest BCUT2D eigenvalue weighted by Crippen LogP contribution is 2.27. The van der Waals surface area contributed by atoms with Crippen LogP contribution in [0.2, 0.25) is 0 Å². The van der Waals surface area contributed by atoms with Crippen molar-refractivity contribution in [2.75, 3.05) is 78.9 Å². The Bertz CT molecular complexity index is 2290. The first kappa shape index (κ1) is 69.2. The maximum atomic E-state index is 13.4. The van der Waals surface area contributed by atoms with Crippen LogP contribution < -0.4 is 60.3 Å². The van der Waals surface area contributed by atoms with Gasteiger partial charge in [0.15, 0.2) is 0 Å². The first-order valence-corrected chi connectivity index (χ1v) is 27.8. The number of carboxylic acids is 1. The fourth-order valence-corrected chi connectivity index (χ4v) is 6.80. The molecular weight excluding hydrogens is 1080 g/mol. The van der Waals surface area contributed by atoms with Gasteiger partial charge in [0.1, 0.15) is 56.9 Å². The molecule has 0 atom stereocenters. The summed E-state index contributed by atoms with van der Waals surface area (Å²) in [7, 11) is 0. The van der Waals surface area contributed by atoms with Gasteiger partial charge in [0.2, 0.25) is 0 Å². The summed E-state index contributed by atoms with van der Waals surface area (Å²) >= 11 is 0. The second kappa shape index (κ2) is 34.4. The highest BCUT2D eigenvalue weighted by Gasteiger charge is 2.20. The molecule has 0 aliphatic rings. The van der Waals surface area contributed by atoms with Crippen LogP contribution in [-0.2, 0) is 18.9 Å². The summed E-state index contributed by atoms with van der Waals surface area (Å²) in [6, 6.07) is 13.8. The number of benzene rings is 3. The molecule has 24 heteroatoms. The van der Waals surface area contributed by atoms with Crippen molar-refractivity contribution in [3.05, 3.63) is 71.3 Å². The summed E-state index contributed by atoms with van der Waals surface area (Å²) in [6.07, 6.45) is 0.295. The molecule has 462 valence electrons. The molecule has 3 aromatic carbocycles. The first-order valence-electron chi connectivity index (χ1n) is 27.8. The second-order valence-corrected chi connectivity index (χ2v) is 22.8. The summed E-state index contributed by atoms with van der Waals surface area (Å²) in [4.78, 5) is 87.1. The molecule has 0 saturated carbocycles. The molecule has 24 nitrogen and oxygen atoms in total. The molecule has 0 bridgehead atoms. The van der Waals surface area contributed by atoms with Gasteiger partial charge in [-0.3, -0.25) is 9.59 Å². The molecule has 3 aromatic rings. The lowest BCUT2D eigenvalue weighted by Gasteiger charge is -2.19. The highest BCUT2D eigenvalue weighted by molar-refractivity contribution is 5.95. The lowest BCUT2D eigenvalue weighted by atomic mass is 10.2. The third-order valence-electron chi connectivity index (χ3n) is 10.2. The average molecular weight is 1170 g/mol. The maximum absolute atomic E-state index is 13.4. The predicted octanol–water partition coefficient (Wildman–Crippen LogP) is 8.96. The standard InChI is InChI=1S/C59H88N6O18/c1-56(2,3)80-52(70)62-21-15-27-74-43-31-40(32-44(37-43)75-28-16-22-63-53(71)81-57(4,5)6)49(66)60-19-13-25-78-47-35-42(51(68)69)36-48(39-47)79-26-14-20-61-50(67)41-33-45(76-29-17-23-64-54(72)82-58(7,8)9)38-46(34-41)77-30-18-24-65-55(73)83-59(10,11)12/h31-39H,13-30H2,1-12H3,(H,60,66)(H,61,67)(H,62,70)(H,63,71)(H,64,72)(H,65,73)(H,68,69). The molecule has 0 aliphatic carbocycles. The van der Waals surface area contributed by atoms with E-state index in [1.165, 1.54) is 12.1 Å². The van der Waals surface area contributed by atoms with E-state index in [1.807, 2.05) is 0 Å². The van der Waals surface area contributed by atoms with Gasteiger partial charge in [-0.2, -0.15) is 0 Å². The number of carboxylic acid groups (broad SMARTS) is 1. The van der Waals surface area contributed by atoms with Gasteiger partial charge < -0.3 is 84.4 Å². The Morgan fingerprint density at radius 1 is 0.313 bits per heavy atom. The zero-order chi connectivity index (χ0) is 61.6. The molecule has 6 amide bonds. The minimum atomic E-state index is -1.20. The minimum absolute atomic E-state index is 0.0726. The largest absolute Gasteiger partial charge is 0.493 e. The van der Waals surface area contributed by atoms with Crippen LogP contribution >= 0.6 is 0 Å². The lowest BCUT2D eigenvalue weighted by Crippen LogP contribution is -2.33. The average Bonchev–Trinajstić information content (AvgIpc) is 3.43. The van der Waals surface area contributed by atoms with E-state index in [2.05, 4.69) is 31.9 Å². The SMILES string of the molecule is CC(C)(C)OC(=O)NCCCOc1cc(OCCCNC(=O)OC(C)(C)C)cc(C(=O)NCCCOc2cc(OCCCNC(=O)c3cc(OCCCNC(=O)OC(C)(C)C)cc(OCCCNC(=O)OC(C)(C)C)c3)cc(C(=O)O)c2)c1. The minimum Gasteiger partial charge on any atom is -0.493 e. The number of aromatic carboxylic acids is 1. The Kier molecular flexibility index (Phi) is 28.7. The Morgan fingerprint density at radius 3 is 0.699 bits per heavy atom. The van der Waals surface area contributed by atoms with Gasteiger partial charge in [0, 0.05) is 68.6 Å². The fourth-order valence-electron chi connectivity index (χ4n) is 6.80. The topological polar surface area (TPSA) is 304 Å². The fraction of sp³-hybridized carbons (Fsp3) is 0.576. The quantitative estimate of drug-likeness (QED) is 0.0221. The summed E-state index contributed by atoms with van der Waals surface area (Å²) in [5, 5.41) is 26.3. The predicted molar refractivity (Wildman–Crippen MR) is 309 cm³/mol. The van der Waals surface area contributed by atoms with Crippen molar-refractivity contribution >= 4 is 42.2 Å². The van der Waals surface area contributed by atoms with E-state index in [1.54, 1.807) is 126 Å². The molecule has 0 aliphatic heterocycles. The monoisotopic (exact) mass is 1170 g/mol. The van der Waals surface area contributed by atoms with Crippen LogP contribution in [0.4, 0.5) is 19.2 Å². The van der Waals surface area contributed by atoms with Crippen molar-refractivity contribution in [2.45, 2.75) is 144 Å². The van der Waals surface area contributed by atoms with Gasteiger partial charge in [-0.05, 0) is 158 Å². The van der Waals surface area contributed by atoms with E-state index in [4.69, 9.17) is 47.4 Å². The van der Waals surface area contributed by atoms with Crippen molar-refractivity contribution in [1.29, 1.82) is 0 Å². The van der Waals surface area contributed by atoms with E-state index >= 15 is 0 Å². The Hall–Kier alpha value is -8.05. The summed E-state index contributed by atoms with van der Waals surface area (Å²) < 4.78 is 56.6. The van der Waals surface area contributed by atoms with Crippen LogP contribution in [0.25, 0.3) is 0 Å². The van der Waals surface area contributed by atoms with Crippen molar-refractivity contribution < 1.29 is 86.0 Å². The summed E-state index contributed by atoms with van der Waals surface area (Å²) in [5.74, 6) is -0.157. The van der Waals surface area contributed by atoms with Crippen molar-refractivity contribution in [1.82, 2.24) is 31.9 Å². The molecule has 83 heavy (non-hydrogen) atoms. The molecule has 0 radical (unpaired) electrons. The van der Waals surface area contributed by atoms with E-state index in [9.17, 15) is 38.7 Å². The normalized spacial score (nSPS) is 11.4. The number of rotatable bonds is 33. The summed E-state index contributed by atoms with van der Waals surface area (Å²) in [6.45, 7) is 23.8. The van der Waals surface area contributed by atoms with Crippen LogP contribution in [0, 0.1) is 0 Å². The second-order valence-electron chi connectivity index (χ2n) is 22.8.